The van der Waals surface area contributed by atoms with Crippen LogP contribution in [-0.2, 0) is 0 Å². The van der Waals surface area contributed by atoms with Gasteiger partial charge >= 0.3 is 0 Å². The molecule has 0 radical (unpaired) electrons. The fourth-order valence-electron chi connectivity index (χ4n) is 3.53. The van der Waals surface area contributed by atoms with E-state index in [2.05, 4.69) is 37.4 Å². The van der Waals surface area contributed by atoms with Crippen LogP contribution in [0.25, 0.3) is 0 Å². The molecular formula is C18H27NO2. The van der Waals surface area contributed by atoms with Crippen LogP contribution in [0.4, 0.5) is 0 Å². The molecule has 1 fully saturated rings. The van der Waals surface area contributed by atoms with E-state index in [0.29, 0.717) is 12.1 Å². The fraction of sp³-hybridized carbons (Fsp3) is 0.667. The van der Waals surface area contributed by atoms with Crippen molar-refractivity contribution >= 4 is 0 Å². The van der Waals surface area contributed by atoms with Crippen LogP contribution in [0.15, 0.2) is 18.2 Å². The van der Waals surface area contributed by atoms with Gasteiger partial charge < -0.3 is 14.8 Å². The molecule has 3 nitrogen and oxygen atoms in total. The van der Waals surface area contributed by atoms with E-state index in [9.17, 15) is 0 Å². The zero-order valence-electron chi connectivity index (χ0n) is 13.2. The Kier molecular flexibility index (Phi) is 4.69. The monoisotopic (exact) mass is 289 g/mol. The molecule has 2 aliphatic rings. The topological polar surface area (TPSA) is 30.5 Å². The van der Waals surface area contributed by atoms with E-state index in [1.54, 1.807) is 0 Å². The van der Waals surface area contributed by atoms with Crippen molar-refractivity contribution in [3.05, 3.63) is 23.8 Å². The van der Waals surface area contributed by atoms with Gasteiger partial charge in [-0.1, -0.05) is 20.3 Å². The lowest BCUT2D eigenvalue weighted by Crippen LogP contribution is -2.23. The molecule has 3 rings (SSSR count). The van der Waals surface area contributed by atoms with Gasteiger partial charge in [-0.25, -0.2) is 0 Å². The van der Waals surface area contributed by atoms with Crippen LogP contribution in [0.3, 0.4) is 0 Å². The molecule has 21 heavy (non-hydrogen) atoms. The van der Waals surface area contributed by atoms with Crippen LogP contribution < -0.4 is 14.8 Å². The van der Waals surface area contributed by atoms with E-state index in [1.807, 2.05) is 0 Å². The molecule has 1 aliphatic carbocycles. The van der Waals surface area contributed by atoms with E-state index in [4.69, 9.17) is 9.47 Å². The predicted octanol–water partition coefficient (Wildman–Crippen LogP) is 4.08. The fourth-order valence-corrected chi connectivity index (χ4v) is 3.53. The summed E-state index contributed by atoms with van der Waals surface area (Å²) in [5, 5.41) is 3.45. The highest BCUT2D eigenvalue weighted by Gasteiger charge is 2.25. The molecule has 0 aromatic heterocycles. The number of benzene rings is 1. The van der Waals surface area contributed by atoms with Crippen LogP contribution in [0.1, 0.15) is 57.6 Å². The standard InChI is InChI=1S/C18H27NO2/c1-3-13-5-7-14(8-6-13)21-15-9-10-16-17(19-4-2)12-20-18(16)11-15/h9-11,13-14,17,19H,3-8,12H2,1-2H3. The van der Waals surface area contributed by atoms with Crippen LogP contribution in [0.5, 0.6) is 11.5 Å². The molecule has 1 unspecified atom stereocenters. The Balaban J connectivity index is 1.60. The second-order valence-corrected chi connectivity index (χ2v) is 6.29. The predicted molar refractivity (Wildman–Crippen MR) is 85.0 cm³/mol. The minimum Gasteiger partial charge on any atom is -0.491 e. The molecule has 0 saturated heterocycles. The van der Waals surface area contributed by atoms with Crippen molar-refractivity contribution < 1.29 is 9.47 Å². The summed E-state index contributed by atoms with van der Waals surface area (Å²) in [6, 6.07) is 6.66. The van der Waals surface area contributed by atoms with Gasteiger partial charge in [0, 0.05) is 11.6 Å². The Labute approximate surface area is 128 Å². The van der Waals surface area contributed by atoms with Gasteiger partial charge in [0.15, 0.2) is 0 Å². The molecule has 1 aromatic rings. The summed E-state index contributed by atoms with van der Waals surface area (Å²) in [4.78, 5) is 0. The highest BCUT2D eigenvalue weighted by Crippen LogP contribution is 2.36. The third-order valence-corrected chi connectivity index (χ3v) is 4.89. The Hall–Kier alpha value is -1.22. The van der Waals surface area contributed by atoms with Crippen molar-refractivity contribution in [1.29, 1.82) is 0 Å². The van der Waals surface area contributed by atoms with Crippen molar-refractivity contribution in [2.45, 2.75) is 58.1 Å². The third kappa shape index (κ3) is 3.34. The summed E-state index contributed by atoms with van der Waals surface area (Å²) < 4.78 is 12.0. The van der Waals surface area contributed by atoms with Crippen molar-refractivity contribution in [2.75, 3.05) is 13.2 Å². The molecule has 1 aromatic carbocycles. The summed E-state index contributed by atoms with van der Waals surface area (Å²) >= 11 is 0. The molecule has 1 N–H and O–H groups in total. The van der Waals surface area contributed by atoms with Gasteiger partial charge in [0.2, 0.25) is 0 Å². The van der Waals surface area contributed by atoms with E-state index in [-0.39, 0.29) is 0 Å². The Morgan fingerprint density at radius 2 is 2.00 bits per heavy atom. The number of rotatable bonds is 5. The third-order valence-electron chi connectivity index (χ3n) is 4.89. The first kappa shape index (κ1) is 14.7. The van der Waals surface area contributed by atoms with Gasteiger partial charge in [0.05, 0.1) is 12.1 Å². The maximum Gasteiger partial charge on any atom is 0.128 e. The molecule has 0 amide bonds. The number of hydrogen-bond acceptors (Lipinski definition) is 3. The maximum absolute atomic E-state index is 6.17. The Bertz CT molecular complexity index is 466. The molecule has 0 bridgehead atoms. The molecule has 116 valence electrons. The van der Waals surface area contributed by atoms with Gasteiger partial charge in [0.1, 0.15) is 18.1 Å². The lowest BCUT2D eigenvalue weighted by molar-refractivity contribution is 0.129. The Morgan fingerprint density at radius 3 is 2.71 bits per heavy atom. The first-order valence-electron chi connectivity index (χ1n) is 8.47. The Morgan fingerprint density at radius 1 is 1.19 bits per heavy atom. The lowest BCUT2D eigenvalue weighted by Gasteiger charge is -2.28. The summed E-state index contributed by atoms with van der Waals surface area (Å²) in [7, 11) is 0. The normalized spacial score (nSPS) is 28.0. The maximum atomic E-state index is 6.17. The van der Waals surface area contributed by atoms with Crippen LogP contribution in [0, 0.1) is 5.92 Å². The van der Waals surface area contributed by atoms with Crippen LogP contribution in [-0.4, -0.2) is 19.3 Å². The zero-order chi connectivity index (χ0) is 14.7. The number of fused-ring (bicyclic) bond motifs is 1. The van der Waals surface area contributed by atoms with E-state index >= 15 is 0 Å². The number of nitrogens with one attached hydrogen (secondary N) is 1. The second kappa shape index (κ2) is 6.69. The summed E-state index contributed by atoms with van der Waals surface area (Å²) in [5.74, 6) is 2.86. The van der Waals surface area contributed by atoms with E-state index in [1.165, 1.54) is 37.7 Å². The van der Waals surface area contributed by atoms with Crippen LogP contribution in [0.2, 0.25) is 0 Å². The summed E-state index contributed by atoms with van der Waals surface area (Å²) in [6.45, 7) is 6.12. The molecule has 1 aliphatic heterocycles. The van der Waals surface area contributed by atoms with Crippen molar-refractivity contribution in [3.63, 3.8) is 0 Å². The number of ether oxygens (including phenoxy) is 2. The van der Waals surface area contributed by atoms with E-state index in [0.717, 1.165) is 30.6 Å². The van der Waals surface area contributed by atoms with Gasteiger partial charge in [0.25, 0.3) is 0 Å². The second-order valence-electron chi connectivity index (χ2n) is 6.29. The molecule has 0 spiro atoms. The highest BCUT2D eigenvalue weighted by molar-refractivity contribution is 5.45. The van der Waals surface area contributed by atoms with Gasteiger partial charge in [-0.05, 0) is 50.3 Å². The molecule has 1 saturated carbocycles. The van der Waals surface area contributed by atoms with Gasteiger partial charge in [-0.3, -0.25) is 0 Å². The molecular weight excluding hydrogens is 262 g/mol. The van der Waals surface area contributed by atoms with E-state index < -0.39 is 0 Å². The number of hydrogen-bond donors (Lipinski definition) is 1. The van der Waals surface area contributed by atoms with Crippen molar-refractivity contribution in [1.82, 2.24) is 5.32 Å². The van der Waals surface area contributed by atoms with Gasteiger partial charge in [-0.15, -0.1) is 0 Å². The molecule has 1 atom stereocenters. The summed E-state index contributed by atoms with van der Waals surface area (Å²) in [5.41, 5.74) is 1.26. The SMILES string of the molecule is CCNC1COc2cc(OC3CCC(CC)CC3)ccc21. The van der Waals surface area contributed by atoms with Crippen molar-refractivity contribution in [3.8, 4) is 11.5 Å². The van der Waals surface area contributed by atoms with Crippen LogP contribution >= 0.6 is 0 Å². The quantitative estimate of drug-likeness (QED) is 0.886. The largest absolute Gasteiger partial charge is 0.491 e. The summed E-state index contributed by atoms with van der Waals surface area (Å²) in [6.07, 6.45) is 6.70. The smallest absolute Gasteiger partial charge is 0.128 e. The minimum atomic E-state index is 0.332. The van der Waals surface area contributed by atoms with Gasteiger partial charge in [-0.2, -0.15) is 0 Å². The minimum absolute atomic E-state index is 0.332. The highest BCUT2D eigenvalue weighted by atomic mass is 16.5. The first-order chi connectivity index (χ1) is 10.3. The number of likely N-dealkylation sites (N-methyl/N-ethyl adjacent to an activating group) is 1. The molecule has 1 heterocycles. The van der Waals surface area contributed by atoms with Crippen molar-refractivity contribution in [2.24, 2.45) is 5.92 Å². The first-order valence-corrected chi connectivity index (χ1v) is 8.47. The zero-order valence-corrected chi connectivity index (χ0v) is 13.2. The molecule has 3 heteroatoms. The average Bonchev–Trinajstić information content (AvgIpc) is 2.91. The average molecular weight is 289 g/mol. The lowest BCUT2D eigenvalue weighted by atomic mass is 9.86.